The van der Waals surface area contributed by atoms with Crippen LogP contribution in [0.15, 0.2) is 6.07 Å². The Kier molecular flexibility index (Phi) is 6.51. The van der Waals surface area contributed by atoms with E-state index in [9.17, 15) is 9.59 Å². The van der Waals surface area contributed by atoms with Gasteiger partial charge in [-0.15, -0.1) is 11.3 Å². The number of aryl methyl sites for hydroxylation is 2. The monoisotopic (exact) mass is 404 g/mol. The number of fused-ring (bicyclic) bond motifs is 1. The number of hydrogen-bond acceptors (Lipinski definition) is 6. The minimum absolute atomic E-state index is 0.253. The molecule has 28 heavy (non-hydrogen) atoms. The van der Waals surface area contributed by atoms with Gasteiger partial charge >= 0.3 is 5.97 Å². The van der Waals surface area contributed by atoms with Gasteiger partial charge in [0.1, 0.15) is 10.7 Å². The molecule has 0 aliphatic carbocycles. The third-order valence-electron chi connectivity index (χ3n) is 4.82. The van der Waals surface area contributed by atoms with Gasteiger partial charge in [-0.05, 0) is 51.8 Å². The second kappa shape index (κ2) is 8.87. The van der Waals surface area contributed by atoms with Crippen molar-refractivity contribution in [3.8, 4) is 0 Å². The number of anilines is 1. The molecular weight excluding hydrogens is 376 g/mol. The summed E-state index contributed by atoms with van der Waals surface area (Å²) in [7, 11) is 0. The molecule has 0 atom stereocenters. The number of carbonyl (C=O) groups excluding carboxylic acids is 2. The molecule has 1 aliphatic heterocycles. The maximum atomic E-state index is 12.9. The van der Waals surface area contributed by atoms with Gasteiger partial charge in [0.2, 0.25) is 0 Å². The number of ether oxygens (including phenoxy) is 1. The summed E-state index contributed by atoms with van der Waals surface area (Å²) in [5.74, 6) is -0.614. The predicted molar refractivity (Wildman–Crippen MR) is 110 cm³/mol. The summed E-state index contributed by atoms with van der Waals surface area (Å²) in [6, 6.07) is 1.76. The van der Waals surface area contributed by atoms with Crippen molar-refractivity contribution in [3.63, 3.8) is 0 Å². The Bertz CT molecular complexity index is 871. The van der Waals surface area contributed by atoms with Gasteiger partial charge < -0.3 is 10.1 Å². The molecule has 0 saturated carbocycles. The molecule has 152 valence electrons. The van der Waals surface area contributed by atoms with Gasteiger partial charge in [0, 0.05) is 24.5 Å². The summed E-state index contributed by atoms with van der Waals surface area (Å²) in [6.45, 7) is 11.4. The van der Waals surface area contributed by atoms with Crippen LogP contribution in [0.1, 0.15) is 64.2 Å². The summed E-state index contributed by atoms with van der Waals surface area (Å²) in [6.07, 6.45) is 1.89. The molecule has 0 fully saturated rings. The fourth-order valence-corrected chi connectivity index (χ4v) is 4.88. The number of amides is 1. The molecular formula is C20H28N4O3S. The Balaban J connectivity index is 1.93. The Morgan fingerprint density at radius 2 is 2.11 bits per heavy atom. The number of nitrogens with zero attached hydrogens (tertiary/aromatic N) is 3. The van der Waals surface area contributed by atoms with Crippen molar-refractivity contribution in [2.75, 3.05) is 25.0 Å². The van der Waals surface area contributed by atoms with Crippen LogP contribution in [0.3, 0.4) is 0 Å². The fraction of sp³-hybridized carbons (Fsp3) is 0.550. The van der Waals surface area contributed by atoms with Crippen LogP contribution in [-0.4, -0.2) is 46.3 Å². The molecule has 7 nitrogen and oxygen atoms in total. The van der Waals surface area contributed by atoms with E-state index in [0.29, 0.717) is 29.4 Å². The summed E-state index contributed by atoms with van der Waals surface area (Å²) in [5.41, 5.74) is 2.82. The van der Waals surface area contributed by atoms with Crippen LogP contribution in [0, 0.1) is 6.92 Å². The van der Waals surface area contributed by atoms with Crippen molar-refractivity contribution in [2.24, 2.45) is 0 Å². The second-order valence-corrected chi connectivity index (χ2v) is 8.00. The lowest BCUT2D eigenvalue weighted by Gasteiger charge is -2.26. The van der Waals surface area contributed by atoms with Crippen molar-refractivity contribution in [2.45, 2.75) is 53.6 Å². The number of rotatable bonds is 7. The lowest BCUT2D eigenvalue weighted by Crippen LogP contribution is -2.30. The zero-order chi connectivity index (χ0) is 20.3. The van der Waals surface area contributed by atoms with Gasteiger partial charge in [-0.25, -0.2) is 4.79 Å². The Hall–Kier alpha value is -2.19. The third kappa shape index (κ3) is 4.12. The topological polar surface area (TPSA) is 76.5 Å². The molecule has 1 N–H and O–H groups in total. The van der Waals surface area contributed by atoms with E-state index in [0.717, 1.165) is 48.6 Å². The van der Waals surface area contributed by atoms with Crippen LogP contribution in [-0.2, 0) is 24.2 Å². The summed E-state index contributed by atoms with van der Waals surface area (Å²) < 4.78 is 6.96. The van der Waals surface area contributed by atoms with Gasteiger partial charge in [-0.2, -0.15) is 5.10 Å². The van der Waals surface area contributed by atoms with Gasteiger partial charge in [-0.3, -0.25) is 14.4 Å². The Labute approximate surface area is 169 Å². The highest BCUT2D eigenvalue weighted by Crippen LogP contribution is 2.38. The van der Waals surface area contributed by atoms with E-state index in [1.54, 1.807) is 17.7 Å². The Morgan fingerprint density at radius 3 is 2.79 bits per heavy atom. The first-order valence-corrected chi connectivity index (χ1v) is 10.7. The smallest absolute Gasteiger partial charge is 0.341 e. The lowest BCUT2D eigenvalue weighted by atomic mass is 10.0. The average molecular weight is 405 g/mol. The average Bonchev–Trinajstić information content (AvgIpc) is 3.21. The second-order valence-electron chi connectivity index (χ2n) is 6.90. The zero-order valence-electron chi connectivity index (χ0n) is 17.0. The molecule has 0 spiro atoms. The molecule has 2 aromatic rings. The number of thiophene rings is 1. The van der Waals surface area contributed by atoms with Gasteiger partial charge in [0.05, 0.1) is 17.9 Å². The van der Waals surface area contributed by atoms with Crippen LogP contribution >= 0.6 is 11.3 Å². The molecule has 0 radical (unpaired) electrons. The first-order valence-electron chi connectivity index (χ1n) is 9.88. The first kappa shape index (κ1) is 20.5. The van der Waals surface area contributed by atoms with Crippen molar-refractivity contribution < 1.29 is 14.3 Å². The van der Waals surface area contributed by atoms with E-state index in [1.165, 1.54) is 11.3 Å². The maximum absolute atomic E-state index is 12.9. The Morgan fingerprint density at radius 1 is 1.32 bits per heavy atom. The molecule has 0 bridgehead atoms. The van der Waals surface area contributed by atoms with Gasteiger partial charge in [-0.1, -0.05) is 6.92 Å². The molecule has 3 rings (SSSR count). The fourth-order valence-electron chi connectivity index (χ4n) is 3.61. The minimum Gasteiger partial charge on any atom is -0.462 e. The normalized spacial score (nSPS) is 14.0. The van der Waals surface area contributed by atoms with E-state index < -0.39 is 0 Å². The van der Waals surface area contributed by atoms with Crippen molar-refractivity contribution in [3.05, 3.63) is 33.5 Å². The molecule has 1 aliphatic rings. The molecule has 2 aromatic heterocycles. The van der Waals surface area contributed by atoms with Crippen LogP contribution < -0.4 is 5.32 Å². The predicted octanol–water partition coefficient (Wildman–Crippen LogP) is 3.47. The van der Waals surface area contributed by atoms with E-state index in [2.05, 4.69) is 22.2 Å². The van der Waals surface area contributed by atoms with E-state index in [-0.39, 0.29) is 11.9 Å². The van der Waals surface area contributed by atoms with Gasteiger partial charge in [0.25, 0.3) is 5.91 Å². The van der Waals surface area contributed by atoms with Crippen molar-refractivity contribution in [1.29, 1.82) is 0 Å². The van der Waals surface area contributed by atoms with E-state index in [1.807, 2.05) is 13.8 Å². The SMILES string of the molecule is CCCN1CCc2c(sc(NC(=O)c3cc(C)nn3CC)c2C(=O)OCC)C1. The van der Waals surface area contributed by atoms with Crippen LogP contribution in [0.5, 0.6) is 0 Å². The van der Waals surface area contributed by atoms with Crippen LogP contribution in [0.4, 0.5) is 5.00 Å². The number of aromatic nitrogens is 2. The van der Waals surface area contributed by atoms with Crippen LogP contribution in [0.25, 0.3) is 0 Å². The summed E-state index contributed by atoms with van der Waals surface area (Å²) in [4.78, 5) is 29.1. The maximum Gasteiger partial charge on any atom is 0.341 e. The third-order valence-corrected chi connectivity index (χ3v) is 5.95. The molecule has 8 heteroatoms. The van der Waals surface area contributed by atoms with E-state index >= 15 is 0 Å². The number of carbonyl (C=O) groups is 2. The molecule has 0 aromatic carbocycles. The number of hydrogen-bond donors (Lipinski definition) is 1. The molecule has 3 heterocycles. The molecule has 0 unspecified atom stereocenters. The number of esters is 1. The lowest BCUT2D eigenvalue weighted by molar-refractivity contribution is 0.0526. The highest BCUT2D eigenvalue weighted by molar-refractivity contribution is 7.17. The quantitative estimate of drug-likeness (QED) is 0.715. The largest absolute Gasteiger partial charge is 0.462 e. The van der Waals surface area contributed by atoms with E-state index in [4.69, 9.17) is 4.74 Å². The minimum atomic E-state index is -0.362. The highest BCUT2D eigenvalue weighted by atomic mass is 32.1. The summed E-state index contributed by atoms with van der Waals surface area (Å²) >= 11 is 1.48. The highest BCUT2D eigenvalue weighted by Gasteiger charge is 2.30. The van der Waals surface area contributed by atoms with Crippen molar-refractivity contribution >= 4 is 28.2 Å². The van der Waals surface area contributed by atoms with Crippen molar-refractivity contribution in [1.82, 2.24) is 14.7 Å². The van der Waals surface area contributed by atoms with Crippen LogP contribution in [0.2, 0.25) is 0 Å². The molecule has 0 saturated heterocycles. The standard InChI is InChI=1S/C20H28N4O3S/c1-5-9-23-10-8-14-16(12-23)28-19(17(14)20(26)27-7-3)21-18(25)15-11-13(4)22-24(15)6-2/h11H,5-10,12H2,1-4H3,(H,21,25). The molecule has 1 amide bonds. The summed E-state index contributed by atoms with van der Waals surface area (Å²) in [5, 5.41) is 7.87. The van der Waals surface area contributed by atoms with Gasteiger partial charge in [0.15, 0.2) is 0 Å². The zero-order valence-corrected chi connectivity index (χ0v) is 17.8. The first-order chi connectivity index (χ1) is 13.5. The number of nitrogens with one attached hydrogen (secondary N) is 1.